The van der Waals surface area contributed by atoms with E-state index < -0.39 is 0 Å². The first kappa shape index (κ1) is 19.2. The van der Waals surface area contributed by atoms with Crippen LogP contribution in [0.25, 0.3) is 0 Å². The summed E-state index contributed by atoms with van der Waals surface area (Å²) < 4.78 is 1.62. The van der Waals surface area contributed by atoms with Gasteiger partial charge in [0.15, 0.2) is 5.78 Å². The fraction of sp³-hybridized carbons (Fsp3) is 0.500. The van der Waals surface area contributed by atoms with Gasteiger partial charge in [0.25, 0.3) is 0 Å². The number of carbonyl (C=O) groups excluding carboxylic acids is 2. The van der Waals surface area contributed by atoms with E-state index in [-0.39, 0.29) is 24.3 Å². The second kappa shape index (κ2) is 8.43. The quantitative estimate of drug-likeness (QED) is 0.787. The SMILES string of the molecule is CC(=O)c1c(C)nn(CC(=O)NC2CCN(Cc3ccncc3)CC2)c1C. The van der Waals surface area contributed by atoms with E-state index in [0.29, 0.717) is 11.3 Å². The fourth-order valence-corrected chi connectivity index (χ4v) is 3.75. The standard InChI is InChI=1S/C20H27N5O2/c1-14-20(16(3)26)15(2)25(23-14)13-19(27)22-18-6-10-24(11-7-18)12-17-4-8-21-9-5-17/h4-5,8-9,18H,6-7,10-13H2,1-3H3,(H,22,27). The van der Waals surface area contributed by atoms with Crippen LogP contribution < -0.4 is 5.32 Å². The van der Waals surface area contributed by atoms with Gasteiger partial charge in [-0.25, -0.2) is 0 Å². The molecule has 3 rings (SSSR count). The average molecular weight is 369 g/mol. The number of likely N-dealkylation sites (tertiary alicyclic amines) is 1. The first-order valence-electron chi connectivity index (χ1n) is 9.39. The topological polar surface area (TPSA) is 80.1 Å². The van der Waals surface area contributed by atoms with Crippen LogP contribution in [-0.2, 0) is 17.9 Å². The van der Waals surface area contributed by atoms with Gasteiger partial charge in [-0.1, -0.05) is 0 Å². The van der Waals surface area contributed by atoms with E-state index in [4.69, 9.17) is 0 Å². The molecule has 0 unspecified atom stereocenters. The third-order valence-corrected chi connectivity index (χ3v) is 5.14. The number of ketones is 1. The Labute approximate surface area is 159 Å². The van der Waals surface area contributed by atoms with Gasteiger partial charge in [-0.2, -0.15) is 5.10 Å². The van der Waals surface area contributed by atoms with E-state index in [9.17, 15) is 9.59 Å². The number of carbonyl (C=O) groups is 2. The Kier molecular flexibility index (Phi) is 6.01. The summed E-state index contributed by atoms with van der Waals surface area (Å²) in [4.78, 5) is 30.6. The summed E-state index contributed by atoms with van der Waals surface area (Å²) in [6, 6.07) is 4.27. The molecule has 1 amide bonds. The maximum atomic E-state index is 12.4. The van der Waals surface area contributed by atoms with Crippen molar-refractivity contribution in [3.05, 3.63) is 47.0 Å². The normalized spacial score (nSPS) is 15.7. The van der Waals surface area contributed by atoms with Crippen molar-refractivity contribution >= 4 is 11.7 Å². The molecule has 2 aromatic heterocycles. The highest BCUT2D eigenvalue weighted by Crippen LogP contribution is 2.15. The lowest BCUT2D eigenvalue weighted by atomic mass is 10.0. The van der Waals surface area contributed by atoms with Gasteiger partial charge in [-0.15, -0.1) is 0 Å². The van der Waals surface area contributed by atoms with Crippen LogP contribution in [0.5, 0.6) is 0 Å². The molecule has 1 aliphatic heterocycles. The predicted octanol–water partition coefficient (Wildman–Crippen LogP) is 1.88. The third kappa shape index (κ3) is 4.80. The van der Waals surface area contributed by atoms with Crippen molar-refractivity contribution in [3.8, 4) is 0 Å². The zero-order chi connectivity index (χ0) is 19.4. The van der Waals surface area contributed by atoms with Gasteiger partial charge in [0.1, 0.15) is 6.54 Å². The number of piperidine rings is 1. The third-order valence-electron chi connectivity index (χ3n) is 5.14. The van der Waals surface area contributed by atoms with Crippen LogP contribution in [0.1, 0.15) is 47.1 Å². The minimum atomic E-state index is -0.0525. The Hall–Kier alpha value is -2.54. The minimum Gasteiger partial charge on any atom is -0.352 e. The van der Waals surface area contributed by atoms with Gasteiger partial charge in [0.2, 0.25) is 5.91 Å². The first-order valence-corrected chi connectivity index (χ1v) is 9.39. The molecule has 0 atom stereocenters. The van der Waals surface area contributed by atoms with Crippen LogP contribution in [0, 0.1) is 13.8 Å². The number of hydrogen-bond acceptors (Lipinski definition) is 5. The number of amides is 1. The molecule has 0 saturated carbocycles. The number of pyridine rings is 1. The van der Waals surface area contributed by atoms with Crippen LogP contribution >= 0.6 is 0 Å². The summed E-state index contributed by atoms with van der Waals surface area (Å²) >= 11 is 0. The smallest absolute Gasteiger partial charge is 0.241 e. The molecular formula is C20H27N5O2. The highest BCUT2D eigenvalue weighted by Gasteiger charge is 2.22. The second-order valence-electron chi connectivity index (χ2n) is 7.23. The van der Waals surface area contributed by atoms with Gasteiger partial charge >= 0.3 is 0 Å². The molecule has 2 aromatic rings. The van der Waals surface area contributed by atoms with Crippen LogP contribution in [0.2, 0.25) is 0 Å². The summed E-state index contributed by atoms with van der Waals surface area (Å²) in [6.45, 7) is 8.16. The summed E-state index contributed by atoms with van der Waals surface area (Å²) in [5, 5.41) is 7.46. The largest absolute Gasteiger partial charge is 0.352 e. The Bertz CT molecular complexity index is 807. The van der Waals surface area contributed by atoms with E-state index in [0.717, 1.165) is 38.2 Å². The maximum Gasteiger partial charge on any atom is 0.241 e. The number of aryl methyl sites for hydroxylation is 1. The van der Waals surface area contributed by atoms with Gasteiger partial charge in [-0.05, 0) is 51.3 Å². The van der Waals surface area contributed by atoms with Gasteiger partial charge in [0.05, 0.1) is 11.3 Å². The van der Waals surface area contributed by atoms with Crippen molar-refractivity contribution in [2.75, 3.05) is 13.1 Å². The molecule has 7 nitrogen and oxygen atoms in total. The lowest BCUT2D eigenvalue weighted by Gasteiger charge is -2.32. The van der Waals surface area contributed by atoms with E-state index in [1.54, 1.807) is 11.6 Å². The molecule has 0 bridgehead atoms. The Morgan fingerprint density at radius 1 is 1.19 bits per heavy atom. The lowest BCUT2D eigenvalue weighted by molar-refractivity contribution is -0.122. The number of nitrogens with zero attached hydrogens (tertiary/aromatic N) is 4. The van der Waals surface area contributed by atoms with Crippen molar-refractivity contribution < 1.29 is 9.59 Å². The van der Waals surface area contributed by atoms with E-state index in [1.165, 1.54) is 12.5 Å². The molecule has 144 valence electrons. The van der Waals surface area contributed by atoms with Crippen molar-refractivity contribution in [2.45, 2.75) is 52.7 Å². The minimum absolute atomic E-state index is 0.0155. The van der Waals surface area contributed by atoms with Crippen LogP contribution in [0.4, 0.5) is 0 Å². The Morgan fingerprint density at radius 3 is 2.44 bits per heavy atom. The summed E-state index contributed by atoms with van der Waals surface area (Å²) in [5.41, 5.74) is 3.31. The van der Waals surface area contributed by atoms with Crippen molar-refractivity contribution in [1.29, 1.82) is 0 Å². The number of nitrogens with one attached hydrogen (secondary N) is 1. The summed E-state index contributed by atoms with van der Waals surface area (Å²) in [6.07, 6.45) is 5.51. The van der Waals surface area contributed by atoms with E-state index in [2.05, 4.69) is 20.3 Å². The van der Waals surface area contributed by atoms with Crippen molar-refractivity contribution in [3.63, 3.8) is 0 Å². The summed E-state index contributed by atoms with van der Waals surface area (Å²) in [7, 11) is 0. The van der Waals surface area contributed by atoms with Crippen LogP contribution in [0.3, 0.4) is 0 Å². The molecule has 0 spiro atoms. The molecular weight excluding hydrogens is 342 g/mol. The predicted molar refractivity (Wildman–Crippen MR) is 102 cm³/mol. The Balaban J connectivity index is 1.49. The van der Waals surface area contributed by atoms with Crippen LogP contribution in [-0.4, -0.2) is 50.5 Å². The van der Waals surface area contributed by atoms with Gasteiger partial charge in [-0.3, -0.25) is 24.2 Å². The zero-order valence-electron chi connectivity index (χ0n) is 16.2. The highest BCUT2D eigenvalue weighted by molar-refractivity contribution is 5.96. The number of hydrogen-bond donors (Lipinski definition) is 1. The van der Waals surface area contributed by atoms with Gasteiger partial charge in [0, 0.05) is 43.8 Å². The molecule has 0 aromatic carbocycles. The van der Waals surface area contributed by atoms with E-state index >= 15 is 0 Å². The van der Waals surface area contributed by atoms with Crippen molar-refractivity contribution in [1.82, 2.24) is 25.0 Å². The molecule has 0 aliphatic carbocycles. The molecule has 27 heavy (non-hydrogen) atoms. The maximum absolute atomic E-state index is 12.4. The average Bonchev–Trinajstić information content (AvgIpc) is 2.91. The van der Waals surface area contributed by atoms with Crippen molar-refractivity contribution in [2.24, 2.45) is 0 Å². The fourth-order valence-electron chi connectivity index (χ4n) is 3.75. The van der Waals surface area contributed by atoms with Gasteiger partial charge < -0.3 is 5.32 Å². The molecule has 7 heteroatoms. The second-order valence-corrected chi connectivity index (χ2v) is 7.23. The molecule has 1 aliphatic rings. The Morgan fingerprint density at radius 2 is 1.85 bits per heavy atom. The monoisotopic (exact) mass is 369 g/mol. The number of rotatable bonds is 6. The molecule has 3 heterocycles. The lowest BCUT2D eigenvalue weighted by Crippen LogP contribution is -2.45. The zero-order valence-corrected chi connectivity index (χ0v) is 16.2. The molecule has 0 radical (unpaired) electrons. The molecule has 1 fully saturated rings. The molecule has 1 N–H and O–H groups in total. The van der Waals surface area contributed by atoms with E-state index in [1.807, 2.05) is 31.5 Å². The number of Topliss-reactive ketones (excluding diaryl/α,β-unsaturated/α-hetero) is 1. The molecule has 1 saturated heterocycles. The highest BCUT2D eigenvalue weighted by atomic mass is 16.2. The van der Waals surface area contributed by atoms with Crippen LogP contribution in [0.15, 0.2) is 24.5 Å². The first-order chi connectivity index (χ1) is 12.9. The summed E-state index contributed by atoms with van der Waals surface area (Å²) in [5.74, 6) is -0.0680. The number of aromatic nitrogens is 3.